The fraction of sp³-hybridized carbons (Fsp3) is 0.646. The highest BCUT2D eigenvalue weighted by Crippen LogP contribution is 2.15. The second kappa shape index (κ2) is 58.4. The van der Waals surface area contributed by atoms with Crippen molar-refractivity contribution >= 4 is 17.9 Å². The van der Waals surface area contributed by atoms with Crippen LogP contribution in [-0.4, -0.2) is 37.2 Å². The summed E-state index contributed by atoms with van der Waals surface area (Å²) in [6.45, 7) is 6.33. The van der Waals surface area contributed by atoms with Crippen molar-refractivity contribution in [2.75, 3.05) is 13.2 Å². The van der Waals surface area contributed by atoms with Crippen LogP contribution in [0.15, 0.2) is 122 Å². The third-order valence-corrected chi connectivity index (χ3v) is 12.0. The Morgan fingerprint density at radius 1 is 0.296 bits per heavy atom. The van der Waals surface area contributed by atoms with Crippen LogP contribution in [0.3, 0.4) is 0 Å². The molecular formula is C65H106O6. The van der Waals surface area contributed by atoms with E-state index in [1.54, 1.807) is 0 Å². The topological polar surface area (TPSA) is 78.9 Å². The van der Waals surface area contributed by atoms with E-state index in [1.165, 1.54) is 83.5 Å². The molecule has 71 heavy (non-hydrogen) atoms. The van der Waals surface area contributed by atoms with Crippen molar-refractivity contribution in [2.24, 2.45) is 0 Å². The molecular weight excluding hydrogens is 877 g/mol. The standard InChI is InChI=1S/C65H106O6/c1-4-7-10-13-16-18-20-22-23-24-25-26-27-28-29-30-31-32-33-34-35-36-37-38-39-40-41-43-44-46-49-52-55-58-64(67)70-61-62(60-69-63(66)57-54-51-48-15-12-9-6-3)71-65(68)59-56-53-50-47-45-42-21-19-17-14-11-8-5-2/h7-8,10-11,16-19,22-23,25-26,28-29,31-32,34-35,42,45,62H,4-6,9,12-15,20-21,24,27,30,33,36-41,43-44,46-61H2,1-3H3/b10-7-,11-8-,18-16-,19-17-,23-22-,26-25-,29-28-,32-31-,35-34-,45-42-. The number of rotatable bonds is 51. The van der Waals surface area contributed by atoms with Gasteiger partial charge in [-0.1, -0.05) is 245 Å². The van der Waals surface area contributed by atoms with Crippen LogP contribution in [-0.2, 0) is 28.6 Å². The molecule has 0 spiro atoms. The fourth-order valence-electron chi connectivity index (χ4n) is 7.67. The zero-order valence-corrected chi connectivity index (χ0v) is 45.9. The number of carbonyl (C=O) groups is 3. The lowest BCUT2D eigenvalue weighted by Crippen LogP contribution is -2.30. The van der Waals surface area contributed by atoms with Crippen molar-refractivity contribution in [3.05, 3.63) is 122 Å². The number of ether oxygens (including phenoxy) is 3. The van der Waals surface area contributed by atoms with Crippen molar-refractivity contribution in [3.8, 4) is 0 Å². The van der Waals surface area contributed by atoms with Crippen LogP contribution < -0.4 is 0 Å². The van der Waals surface area contributed by atoms with Crippen LogP contribution in [0.2, 0.25) is 0 Å². The number of hydrogen-bond acceptors (Lipinski definition) is 6. The molecule has 0 heterocycles. The number of carbonyl (C=O) groups excluding carboxylic acids is 3. The normalized spacial score (nSPS) is 13.0. The second-order valence-corrected chi connectivity index (χ2v) is 18.8. The summed E-state index contributed by atoms with van der Waals surface area (Å²) >= 11 is 0. The van der Waals surface area contributed by atoms with E-state index in [2.05, 4.69) is 142 Å². The van der Waals surface area contributed by atoms with Gasteiger partial charge in [0.05, 0.1) is 0 Å². The third-order valence-electron chi connectivity index (χ3n) is 12.0. The fourth-order valence-corrected chi connectivity index (χ4v) is 7.67. The predicted octanol–water partition coefficient (Wildman–Crippen LogP) is 19.6. The van der Waals surface area contributed by atoms with Gasteiger partial charge in [-0.25, -0.2) is 0 Å². The molecule has 0 rings (SSSR count). The van der Waals surface area contributed by atoms with Crippen molar-refractivity contribution in [2.45, 2.75) is 258 Å². The molecule has 0 aliphatic heterocycles. The summed E-state index contributed by atoms with van der Waals surface area (Å²) in [4.78, 5) is 37.9. The van der Waals surface area contributed by atoms with E-state index in [1.807, 2.05) is 0 Å². The minimum absolute atomic E-state index is 0.0911. The maximum atomic E-state index is 12.7. The van der Waals surface area contributed by atoms with Crippen molar-refractivity contribution in [1.29, 1.82) is 0 Å². The molecule has 0 N–H and O–H groups in total. The van der Waals surface area contributed by atoms with Crippen LogP contribution in [0.4, 0.5) is 0 Å². The molecule has 0 radical (unpaired) electrons. The van der Waals surface area contributed by atoms with Crippen LogP contribution >= 0.6 is 0 Å². The van der Waals surface area contributed by atoms with Crippen molar-refractivity contribution in [3.63, 3.8) is 0 Å². The summed E-state index contributed by atoms with van der Waals surface area (Å²) in [6.07, 6.45) is 80.9. The zero-order chi connectivity index (χ0) is 51.4. The molecule has 1 unspecified atom stereocenters. The highest BCUT2D eigenvalue weighted by atomic mass is 16.6. The molecule has 0 aliphatic carbocycles. The lowest BCUT2D eigenvalue weighted by molar-refractivity contribution is -0.167. The highest BCUT2D eigenvalue weighted by Gasteiger charge is 2.19. The van der Waals surface area contributed by atoms with Crippen LogP contribution in [0.25, 0.3) is 0 Å². The Morgan fingerprint density at radius 3 is 0.873 bits per heavy atom. The smallest absolute Gasteiger partial charge is 0.306 e. The van der Waals surface area contributed by atoms with E-state index in [4.69, 9.17) is 14.2 Å². The van der Waals surface area contributed by atoms with Gasteiger partial charge in [0.25, 0.3) is 0 Å². The summed E-state index contributed by atoms with van der Waals surface area (Å²) in [5, 5.41) is 0. The van der Waals surface area contributed by atoms with E-state index in [9.17, 15) is 14.4 Å². The van der Waals surface area contributed by atoms with Gasteiger partial charge >= 0.3 is 17.9 Å². The molecule has 0 saturated carbocycles. The molecule has 0 fully saturated rings. The molecule has 6 nitrogen and oxygen atoms in total. The zero-order valence-electron chi connectivity index (χ0n) is 45.9. The van der Waals surface area contributed by atoms with Gasteiger partial charge in [0.1, 0.15) is 13.2 Å². The molecule has 402 valence electrons. The van der Waals surface area contributed by atoms with Gasteiger partial charge < -0.3 is 14.2 Å². The summed E-state index contributed by atoms with van der Waals surface area (Å²) in [5.74, 6) is -0.934. The third kappa shape index (κ3) is 56.6. The van der Waals surface area contributed by atoms with E-state index >= 15 is 0 Å². The highest BCUT2D eigenvalue weighted by molar-refractivity contribution is 5.71. The molecule has 6 heteroatoms. The Balaban J connectivity index is 4.10. The average molecular weight is 984 g/mol. The van der Waals surface area contributed by atoms with E-state index in [0.29, 0.717) is 19.3 Å². The monoisotopic (exact) mass is 983 g/mol. The minimum Gasteiger partial charge on any atom is -0.462 e. The Morgan fingerprint density at radius 2 is 0.549 bits per heavy atom. The van der Waals surface area contributed by atoms with E-state index < -0.39 is 6.10 Å². The molecule has 0 aromatic rings. The van der Waals surface area contributed by atoms with Gasteiger partial charge in [0.15, 0.2) is 6.10 Å². The van der Waals surface area contributed by atoms with Gasteiger partial charge in [-0.05, 0) is 109 Å². The average Bonchev–Trinajstić information content (AvgIpc) is 3.37. The van der Waals surface area contributed by atoms with Gasteiger partial charge in [0.2, 0.25) is 0 Å². The first kappa shape index (κ1) is 66.8. The largest absolute Gasteiger partial charge is 0.462 e. The molecule has 0 aliphatic rings. The van der Waals surface area contributed by atoms with E-state index in [-0.39, 0.29) is 31.1 Å². The summed E-state index contributed by atoms with van der Waals surface area (Å²) in [5.41, 5.74) is 0. The predicted molar refractivity (Wildman–Crippen MR) is 306 cm³/mol. The summed E-state index contributed by atoms with van der Waals surface area (Å²) in [6, 6.07) is 0. The number of allylic oxidation sites excluding steroid dienone is 20. The molecule has 0 aromatic heterocycles. The molecule has 0 amide bonds. The quantitative estimate of drug-likeness (QED) is 0.0261. The number of hydrogen-bond donors (Lipinski definition) is 0. The lowest BCUT2D eigenvalue weighted by atomic mass is 10.0. The Bertz CT molecular complexity index is 1500. The van der Waals surface area contributed by atoms with Gasteiger partial charge in [-0.2, -0.15) is 0 Å². The number of unbranched alkanes of at least 4 members (excludes halogenated alkanes) is 20. The molecule has 0 aromatic carbocycles. The van der Waals surface area contributed by atoms with Crippen LogP contribution in [0, 0.1) is 0 Å². The second-order valence-electron chi connectivity index (χ2n) is 18.8. The molecule has 0 bridgehead atoms. The van der Waals surface area contributed by atoms with Gasteiger partial charge in [-0.15, -0.1) is 0 Å². The van der Waals surface area contributed by atoms with Crippen LogP contribution in [0.1, 0.15) is 252 Å². The Kier molecular flexibility index (Phi) is 54.9. The maximum absolute atomic E-state index is 12.7. The Hall–Kier alpha value is -4.19. The molecule has 1 atom stereocenters. The Labute approximate surface area is 437 Å². The van der Waals surface area contributed by atoms with Gasteiger partial charge in [0, 0.05) is 19.3 Å². The number of esters is 3. The summed E-state index contributed by atoms with van der Waals surface area (Å²) in [7, 11) is 0. The minimum atomic E-state index is -0.792. The van der Waals surface area contributed by atoms with Crippen molar-refractivity contribution in [1.82, 2.24) is 0 Å². The van der Waals surface area contributed by atoms with E-state index in [0.717, 1.165) is 128 Å². The molecule has 0 saturated heterocycles. The lowest BCUT2D eigenvalue weighted by Gasteiger charge is -2.18. The van der Waals surface area contributed by atoms with Crippen LogP contribution in [0.5, 0.6) is 0 Å². The first-order chi connectivity index (χ1) is 35.0. The first-order valence-electron chi connectivity index (χ1n) is 29.0. The maximum Gasteiger partial charge on any atom is 0.306 e. The first-order valence-corrected chi connectivity index (χ1v) is 29.0. The SMILES string of the molecule is CC/C=C\C/C=C\C/C=C\C/C=C\C/C=C\C/C=C\C/C=C\CCCCCCCCCCCCCC(=O)OCC(COC(=O)CCCCCCCCC)OC(=O)CCCCC/C=C\C/C=C\C/C=C\CC. The summed E-state index contributed by atoms with van der Waals surface area (Å²) < 4.78 is 16.7. The van der Waals surface area contributed by atoms with Crippen molar-refractivity contribution < 1.29 is 28.6 Å². The van der Waals surface area contributed by atoms with Gasteiger partial charge in [-0.3, -0.25) is 14.4 Å².